The Morgan fingerprint density at radius 1 is 1.25 bits per heavy atom. The molecule has 1 heterocycles. The standard InChI is InChI=1S/C15H16N4O/c16-13(20)15(6-7-15)14-17-9-18-19(14)12-5-4-10-2-1-3-11(10)8-12/h4-5,8-9H,1-3,6-7H2,(H2,16,20). The second-order valence-corrected chi connectivity index (χ2v) is 5.75. The molecule has 2 N–H and O–H groups in total. The Hall–Kier alpha value is -2.17. The zero-order valence-electron chi connectivity index (χ0n) is 11.2. The van der Waals surface area contributed by atoms with Gasteiger partial charge in [0.1, 0.15) is 17.6 Å². The molecule has 0 radical (unpaired) electrons. The lowest BCUT2D eigenvalue weighted by molar-refractivity contribution is -0.120. The van der Waals surface area contributed by atoms with E-state index >= 15 is 0 Å². The van der Waals surface area contributed by atoms with Gasteiger partial charge < -0.3 is 5.73 Å². The average molecular weight is 268 g/mol. The highest BCUT2D eigenvalue weighted by molar-refractivity contribution is 5.89. The van der Waals surface area contributed by atoms with Crippen molar-refractivity contribution >= 4 is 5.91 Å². The largest absolute Gasteiger partial charge is 0.369 e. The van der Waals surface area contributed by atoms with Gasteiger partial charge in [0, 0.05) is 0 Å². The van der Waals surface area contributed by atoms with Crippen LogP contribution in [-0.4, -0.2) is 20.7 Å². The molecule has 1 aromatic heterocycles. The Balaban J connectivity index is 1.81. The SMILES string of the molecule is NC(=O)C1(c2ncnn2-c2ccc3c(c2)CCC3)CC1. The summed E-state index contributed by atoms with van der Waals surface area (Å²) >= 11 is 0. The van der Waals surface area contributed by atoms with Gasteiger partial charge in [0.05, 0.1) is 5.69 Å². The van der Waals surface area contributed by atoms with Gasteiger partial charge >= 0.3 is 0 Å². The Morgan fingerprint density at radius 2 is 2.05 bits per heavy atom. The number of aryl methyl sites for hydroxylation is 2. The van der Waals surface area contributed by atoms with Crippen LogP contribution in [0.4, 0.5) is 0 Å². The molecule has 4 rings (SSSR count). The summed E-state index contributed by atoms with van der Waals surface area (Å²) in [7, 11) is 0. The van der Waals surface area contributed by atoms with Gasteiger partial charge in [0.2, 0.25) is 5.91 Å². The lowest BCUT2D eigenvalue weighted by Crippen LogP contribution is -2.31. The number of rotatable bonds is 3. The first-order chi connectivity index (χ1) is 9.71. The second kappa shape index (κ2) is 3.91. The molecule has 0 spiro atoms. The van der Waals surface area contributed by atoms with E-state index in [1.165, 1.54) is 23.9 Å². The van der Waals surface area contributed by atoms with Crippen molar-refractivity contribution in [2.45, 2.75) is 37.5 Å². The Bertz CT molecular complexity index is 700. The van der Waals surface area contributed by atoms with Crippen molar-refractivity contribution in [3.8, 4) is 5.69 Å². The number of aromatic nitrogens is 3. The maximum atomic E-state index is 11.7. The van der Waals surface area contributed by atoms with E-state index in [-0.39, 0.29) is 5.91 Å². The number of carbonyl (C=O) groups is 1. The minimum absolute atomic E-state index is 0.298. The molecule has 20 heavy (non-hydrogen) atoms. The number of amides is 1. The van der Waals surface area contributed by atoms with E-state index in [2.05, 4.69) is 28.3 Å². The van der Waals surface area contributed by atoms with E-state index in [0.29, 0.717) is 5.82 Å². The third kappa shape index (κ3) is 1.52. The van der Waals surface area contributed by atoms with Crippen LogP contribution in [0.5, 0.6) is 0 Å². The van der Waals surface area contributed by atoms with Crippen molar-refractivity contribution in [1.82, 2.24) is 14.8 Å². The van der Waals surface area contributed by atoms with E-state index in [0.717, 1.165) is 31.4 Å². The molecule has 2 aliphatic rings. The van der Waals surface area contributed by atoms with Crippen molar-refractivity contribution in [2.24, 2.45) is 5.73 Å². The van der Waals surface area contributed by atoms with Crippen LogP contribution < -0.4 is 5.73 Å². The van der Waals surface area contributed by atoms with Crippen molar-refractivity contribution < 1.29 is 4.79 Å². The third-order valence-electron chi connectivity index (χ3n) is 4.52. The molecule has 1 amide bonds. The van der Waals surface area contributed by atoms with Crippen molar-refractivity contribution in [3.63, 3.8) is 0 Å². The molecule has 5 heteroatoms. The van der Waals surface area contributed by atoms with E-state index in [9.17, 15) is 4.79 Å². The number of fused-ring (bicyclic) bond motifs is 1. The summed E-state index contributed by atoms with van der Waals surface area (Å²) in [4.78, 5) is 16.0. The van der Waals surface area contributed by atoms with Crippen LogP contribution in [0.25, 0.3) is 5.69 Å². The van der Waals surface area contributed by atoms with Gasteiger partial charge in [0.25, 0.3) is 0 Å². The van der Waals surface area contributed by atoms with Gasteiger partial charge in [-0.05, 0) is 55.4 Å². The fraction of sp³-hybridized carbons (Fsp3) is 0.400. The molecule has 0 bridgehead atoms. The quantitative estimate of drug-likeness (QED) is 0.911. The molecule has 0 unspecified atom stereocenters. The van der Waals surface area contributed by atoms with Crippen molar-refractivity contribution in [2.75, 3.05) is 0 Å². The lowest BCUT2D eigenvalue weighted by atomic mass is 10.1. The molecule has 5 nitrogen and oxygen atoms in total. The molecular formula is C15H16N4O. The summed E-state index contributed by atoms with van der Waals surface area (Å²) in [5, 5.41) is 4.30. The molecule has 1 aromatic carbocycles. The molecule has 0 atom stereocenters. The summed E-state index contributed by atoms with van der Waals surface area (Å²) in [6, 6.07) is 6.38. The fourth-order valence-corrected chi connectivity index (χ4v) is 3.15. The summed E-state index contributed by atoms with van der Waals surface area (Å²) in [6.45, 7) is 0. The van der Waals surface area contributed by atoms with Crippen LogP contribution in [0.3, 0.4) is 0 Å². The highest BCUT2D eigenvalue weighted by atomic mass is 16.1. The number of benzene rings is 1. The Labute approximate surface area is 116 Å². The van der Waals surface area contributed by atoms with Gasteiger partial charge in [-0.2, -0.15) is 5.10 Å². The number of nitrogens with two attached hydrogens (primary N) is 1. The molecule has 102 valence electrons. The van der Waals surface area contributed by atoms with E-state index in [1.54, 1.807) is 4.68 Å². The van der Waals surface area contributed by atoms with Gasteiger partial charge in [-0.25, -0.2) is 9.67 Å². The van der Waals surface area contributed by atoms with Gasteiger partial charge in [-0.1, -0.05) is 6.07 Å². The van der Waals surface area contributed by atoms with E-state index < -0.39 is 5.41 Å². The smallest absolute Gasteiger partial charge is 0.231 e. The number of hydrogen-bond donors (Lipinski definition) is 1. The Kier molecular flexibility index (Phi) is 2.28. The first kappa shape index (κ1) is 11.6. The molecule has 0 saturated heterocycles. The maximum absolute atomic E-state index is 11.7. The Morgan fingerprint density at radius 3 is 2.80 bits per heavy atom. The molecule has 1 fully saturated rings. The number of carbonyl (C=O) groups excluding carboxylic acids is 1. The molecular weight excluding hydrogens is 252 g/mol. The van der Waals surface area contributed by atoms with Crippen molar-refractivity contribution in [3.05, 3.63) is 41.5 Å². The van der Waals surface area contributed by atoms with Crippen molar-refractivity contribution in [1.29, 1.82) is 0 Å². The van der Waals surface area contributed by atoms with Crippen LogP contribution >= 0.6 is 0 Å². The van der Waals surface area contributed by atoms with Crippen LogP contribution in [0.2, 0.25) is 0 Å². The second-order valence-electron chi connectivity index (χ2n) is 5.75. The van der Waals surface area contributed by atoms with E-state index in [1.807, 2.05) is 0 Å². The zero-order valence-corrected chi connectivity index (χ0v) is 11.2. The van der Waals surface area contributed by atoms with Crippen LogP contribution in [0, 0.1) is 0 Å². The molecule has 1 saturated carbocycles. The topological polar surface area (TPSA) is 73.8 Å². The first-order valence-corrected chi connectivity index (χ1v) is 7.03. The predicted molar refractivity (Wildman–Crippen MR) is 73.5 cm³/mol. The van der Waals surface area contributed by atoms with Crippen LogP contribution in [-0.2, 0) is 23.1 Å². The minimum atomic E-state index is -0.602. The monoisotopic (exact) mass is 268 g/mol. The molecule has 2 aliphatic carbocycles. The third-order valence-corrected chi connectivity index (χ3v) is 4.52. The molecule has 0 aliphatic heterocycles. The highest BCUT2D eigenvalue weighted by Gasteiger charge is 2.54. The van der Waals surface area contributed by atoms with Gasteiger partial charge in [0.15, 0.2) is 0 Å². The number of nitrogens with zero attached hydrogens (tertiary/aromatic N) is 3. The predicted octanol–water partition coefficient (Wildman–Crippen LogP) is 1.27. The molecule has 2 aromatic rings. The van der Waals surface area contributed by atoms with Crippen LogP contribution in [0.15, 0.2) is 24.5 Å². The maximum Gasteiger partial charge on any atom is 0.231 e. The normalized spacial score (nSPS) is 18.8. The lowest BCUT2D eigenvalue weighted by Gasteiger charge is -2.13. The van der Waals surface area contributed by atoms with Gasteiger partial charge in [-0.3, -0.25) is 4.79 Å². The number of hydrogen-bond acceptors (Lipinski definition) is 3. The summed E-state index contributed by atoms with van der Waals surface area (Å²) < 4.78 is 1.77. The summed E-state index contributed by atoms with van der Waals surface area (Å²) in [5.41, 5.74) is 8.72. The zero-order chi connectivity index (χ0) is 13.7. The van der Waals surface area contributed by atoms with Gasteiger partial charge in [-0.15, -0.1) is 0 Å². The minimum Gasteiger partial charge on any atom is -0.369 e. The first-order valence-electron chi connectivity index (χ1n) is 7.03. The fourth-order valence-electron chi connectivity index (χ4n) is 3.15. The average Bonchev–Trinajstić information content (AvgIpc) is 2.91. The summed E-state index contributed by atoms with van der Waals surface area (Å²) in [5.74, 6) is 0.385. The van der Waals surface area contributed by atoms with E-state index in [4.69, 9.17) is 5.73 Å². The highest BCUT2D eigenvalue weighted by Crippen LogP contribution is 2.47. The number of primary amides is 1. The summed E-state index contributed by atoms with van der Waals surface area (Å²) in [6.07, 6.45) is 6.54. The van der Waals surface area contributed by atoms with Crippen LogP contribution in [0.1, 0.15) is 36.2 Å².